The van der Waals surface area contributed by atoms with E-state index in [4.69, 9.17) is 5.73 Å². The maximum absolute atomic E-state index is 6.26. The van der Waals surface area contributed by atoms with Crippen LogP contribution in [0.5, 0.6) is 0 Å². The minimum atomic E-state index is 0.212. The van der Waals surface area contributed by atoms with E-state index in [9.17, 15) is 0 Å². The molecule has 0 radical (unpaired) electrons. The molecule has 0 aromatic carbocycles. The number of hydrogen-bond donors (Lipinski definition) is 1. The first-order valence-electron chi connectivity index (χ1n) is 6.68. The van der Waals surface area contributed by atoms with Crippen LogP contribution in [0.4, 0.5) is 0 Å². The van der Waals surface area contributed by atoms with Crippen molar-refractivity contribution in [3.05, 3.63) is 33.5 Å². The Morgan fingerprint density at radius 3 is 2.94 bits per heavy atom. The second-order valence-electron chi connectivity index (χ2n) is 5.26. The second-order valence-corrected chi connectivity index (χ2v) is 6.43. The summed E-state index contributed by atoms with van der Waals surface area (Å²) in [7, 11) is 0. The van der Waals surface area contributed by atoms with Crippen LogP contribution in [0.2, 0.25) is 0 Å². The SMILES string of the molecule is C=C(C)CCC(N)c1cc2c(s1)CCCCC2. The standard InChI is InChI=1S/C15H23NS/c1-11(2)8-9-13(16)15-10-12-6-4-3-5-7-14(12)17-15/h10,13H,1,3-9,16H2,2H3. The Bertz CT molecular complexity index is 368. The summed E-state index contributed by atoms with van der Waals surface area (Å²) in [6.45, 7) is 6.03. The van der Waals surface area contributed by atoms with Crippen molar-refractivity contribution in [3.8, 4) is 0 Å². The Kier molecular flexibility index (Phi) is 4.41. The molecule has 1 atom stereocenters. The van der Waals surface area contributed by atoms with Gasteiger partial charge in [0.25, 0.3) is 0 Å². The van der Waals surface area contributed by atoms with Crippen LogP contribution >= 0.6 is 11.3 Å². The fourth-order valence-electron chi connectivity index (χ4n) is 2.42. The number of nitrogens with two attached hydrogens (primary N) is 1. The third-order valence-electron chi connectivity index (χ3n) is 3.51. The Labute approximate surface area is 109 Å². The lowest BCUT2D eigenvalue weighted by atomic mass is 10.1. The van der Waals surface area contributed by atoms with Crippen molar-refractivity contribution in [2.75, 3.05) is 0 Å². The predicted molar refractivity (Wildman–Crippen MR) is 76.6 cm³/mol. The zero-order valence-electron chi connectivity index (χ0n) is 10.8. The van der Waals surface area contributed by atoms with Gasteiger partial charge in [-0.2, -0.15) is 0 Å². The third-order valence-corrected chi connectivity index (χ3v) is 4.88. The quantitative estimate of drug-likeness (QED) is 0.622. The predicted octanol–water partition coefficient (Wildman–Crippen LogP) is 4.37. The van der Waals surface area contributed by atoms with Crippen LogP contribution in [-0.4, -0.2) is 0 Å². The molecule has 1 heterocycles. The molecule has 2 N–H and O–H groups in total. The normalized spacial score (nSPS) is 17.3. The maximum Gasteiger partial charge on any atom is 0.0392 e. The number of aryl methyl sites for hydroxylation is 2. The molecule has 1 aliphatic rings. The highest BCUT2D eigenvalue weighted by Gasteiger charge is 2.15. The molecule has 0 aliphatic heterocycles. The van der Waals surface area contributed by atoms with Crippen LogP contribution in [0, 0.1) is 0 Å². The zero-order chi connectivity index (χ0) is 12.3. The molecule has 94 valence electrons. The molecule has 0 saturated heterocycles. The van der Waals surface area contributed by atoms with Crippen molar-refractivity contribution in [1.29, 1.82) is 0 Å². The van der Waals surface area contributed by atoms with Crippen molar-refractivity contribution in [2.24, 2.45) is 5.73 Å². The van der Waals surface area contributed by atoms with Gasteiger partial charge >= 0.3 is 0 Å². The second kappa shape index (κ2) is 5.83. The molecule has 1 aromatic rings. The summed E-state index contributed by atoms with van der Waals surface area (Å²) in [4.78, 5) is 2.99. The van der Waals surface area contributed by atoms with Crippen LogP contribution in [0.15, 0.2) is 18.2 Å². The molecular formula is C15H23NS. The number of thiophene rings is 1. The lowest BCUT2D eigenvalue weighted by Crippen LogP contribution is -2.08. The molecule has 0 spiro atoms. The first kappa shape index (κ1) is 12.8. The molecule has 0 fully saturated rings. The minimum Gasteiger partial charge on any atom is -0.323 e. The van der Waals surface area contributed by atoms with Crippen LogP contribution in [0.25, 0.3) is 0 Å². The van der Waals surface area contributed by atoms with E-state index in [0.29, 0.717) is 0 Å². The molecule has 0 bridgehead atoms. The summed E-state index contributed by atoms with van der Waals surface area (Å²) < 4.78 is 0. The van der Waals surface area contributed by atoms with E-state index < -0.39 is 0 Å². The van der Waals surface area contributed by atoms with Crippen molar-refractivity contribution in [2.45, 2.75) is 57.9 Å². The van der Waals surface area contributed by atoms with E-state index in [-0.39, 0.29) is 6.04 Å². The Morgan fingerprint density at radius 2 is 2.18 bits per heavy atom. The third kappa shape index (κ3) is 3.43. The number of rotatable bonds is 4. The van der Waals surface area contributed by atoms with Gasteiger partial charge in [-0.1, -0.05) is 12.0 Å². The first-order valence-corrected chi connectivity index (χ1v) is 7.50. The van der Waals surface area contributed by atoms with Crippen LogP contribution in [-0.2, 0) is 12.8 Å². The van der Waals surface area contributed by atoms with Gasteiger partial charge in [0.15, 0.2) is 0 Å². The summed E-state index contributed by atoms with van der Waals surface area (Å²) in [5.41, 5.74) is 9.08. The Hall–Kier alpha value is -0.600. The van der Waals surface area contributed by atoms with Crippen LogP contribution in [0.1, 0.15) is 60.4 Å². The van der Waals surface area contributed by atoms with Gasteiger partial charge in [0, 0.05) is 15.8 Å². The van der Waals surface area contributed by atoms with Gasteiger partial charge in [0.05, 0.1) is 0 Å². The van der Waals surface area contributed by atoms with E-state index in [1.807, 2.05) is 11.3 Å². The highest BCUT2D eigenvalue weighted by Crippen LogP contribution is 2.33. The molecule has 2 rings (SSSR count). The summed E-state index contributed by atoms with van der Waals surface area (Å²) in [5.74, 6) is 0. The molecule has 0 amide bonds. The van der Waals surface area contributed by atoms with Gasteiger partial charge < -0.3 is 5.73 Å². The topological polar surface area (TPSA) is 26.0 Å². The monoisotopic (exact) mass is 249 g/mol. The summed E-state index contributed by atoms with van der Waals surface area (Å²) >= 11 is 1.95. The van der Waals surface area contributed by atoms with E-state index >= 15 is 0 Å². The Morgan fingerprint density at radius 1 is 1.41 bits per heavy atom. The van der Waals surface area contributed by atoms with E-state index in [1.54, 1.807) is 10.4 Å². The highest BCUT2D eigenvalue weighted by atomic mass is 32.1. The fraction of sp³-hybridized carbons (Fsp3) is 0.600. The first-order chi connectivity index (χ1) is 8.16. The molecule has 0 saturated carbocycles. The molecule has 2 heteroatoms. The summed E-state index contributed by atoms with van der Waals surface area (Å²) in [6, 6.07) is 2.58. The number of hydrogen-bond acceptors (Lipinski definition) is 2. The lowest BCUT2D eigenvalue weighted by Gasteiger charge is -2.08. The van der Waals surface area contributed by atoms with Gasteiger partial charge in [-0.3, -0.25) is 0 Å². The molecule has 1 nitrogen and oxygen atoms in total. The molecule has 1 aromatic heterocycles. The summed E-state index contributed by atoms with van der Waals surface area (Å²) in [6.07, 6.45) is 8.71. The van der Waals surface area contributed by atoms with Crippen LogP contribution in [0.3, 0.4) is 0 Å². The van der Waals surface area contributed by atoms with Gasteiger partial charge in [0.2, 0.25) is 0 Å². The minimum absolute atomic E-state index is 0.212. The average molecular weight is 249 g/mol. The molecule has 17 heavy (non-hydrogen) atoms. The van der Waals surface area contributed by atoms with Crippen molar-refractivity contribution in [1.82, 2.24) is 0 Å². The van der Waals surface area contributed by atoms with Gasteiger partial charge in [0.1, 0.15) is 0 Å². The van der Waals surface area contributed by atoms with E-state index in [2.05, 4.69) is 19.6 Å². The van der Waals surface area contributed by atoms with Crippen molar-refractivity contribution < 1.29 is 0 Å². The van der Waals surface area contributed by atoms with Crippen LogP contribution < -0.4 is 5.73 Å². The molecular weight excluding hydrogens is 226 g/mol. The zero-order valence-corrected chi connectivity index (χ0v) is 11.6. The number of allylic oxidation sites excluding steroid dienone is 1. The van der Waals surface area contributed by atoms with E-state index in [1.165, 1.54) is 42.6 Å². The van der Waals surface area contributed by atoms with E-state index in [0.717, 1.165) is 12.8 Å². The highest BCUT2D eigenvalue weighted by molar-refractivity contribution is 7.12. The van der Waals surface area contributed by atoms with Gasteiger partial charge in [-0.25, -0.2) is 0 Å². The molecule has 1 aliphatic carbocycles. The Balaban J connectivity index is 2.03. The molecule has 1 unspecified atom stereocenters. The van der Waals surface area contributed by atoms with Crippen molar-refractivity contribution >= 4 is 11.3 Å². The fourth-order valence-corrected chi connectivity index (χ4v) is 3.71. The van der Waals surface area contributed by atoms with Crippen molar-refractivity contribution in [3.63, 3.8) is 0 Å². The number of fused-ring (bicyclic) bond motifs is 1. The largest absolute Gasteiger partial charge is 0.323 e. The van der Waals surface area contributed by atoms with Gasteiger partial charge in [-0.05, 0) is 57.1 Å². The lowest BCUT2D eigenvalue weighted by molar-refractivity contribution is 0.658. The average Bonchev–Trinajstić information content (AvgIpc) is 2.58. The summed E-state index contributed by atoms with van der Waals surface area (Å²) in [5, 5.41) is 0. The van der Waals surface area contributed by atoms with Gasteiger partial charge in [-0.15, -0.1) is 17.9 Å². The maximum atomic E-state index is 6.26. The smallest absolute Gasteiger partial charge is 0.0392 e.